The van der Waals surface area contributed by atoms with E-state index in [0.29, 0.717) is 5.92 Å². The summed E-state index contributed by atoms with van der Waals surface area (Å²) in [6, 6.07) is 8.67. The molecule has 1 aliphatic heterocycles. The van der Waals surface area contributed by atoms with Crippen molar-refractivity contribution in [2.75, 3.05) is 19.6 Å². The number of aromatic nitrogens is 1. The maximum absolute atomic E-state index is 5.78. The molecule has 2 N–H and O–H groups in total. The fourth-order valence-electron chi connectivity index (χ4n) is 3.32. The van der Waals surface area contributed by atoms with Gasteiger partial charge in [-0.15, -0.1) is 0 Å². The molecule has 1 atom stereocenters. The number of fused-ring (bicyclic) bond motifs is 1. The lowest BCUT2D eigenvalue weighted by Crippen LogP contribution is -2.24. The molecule has 102 valence electrons. The molecule has 1 aromatic heterocycles. The van der Waals surface area contributed by atoms with Crippen molar-refractivity contribution in [3.05, 3.63) is 35.5 Å². The molecular weight excluding hydrogens is 234 g/mol. The molecule has 0 amide bonds. The predicted molar refractivity (Wildman–Crippen MR) is 80.1 cm³/mol. The van der Waals surface area contributed by atoms with Gasteiger partial charge in [0.25, 0.3) is 0 Å². The number of hydrogen-bond donors (Lipinski definition) is 1. The van der Waals surface area contributed by atoms with Crippen LogP contribution in [0.5, 0.6) is 0 Å². The van der Waals surface area contributed by atoms with Crippen molar-refractivity contribution in [3.8, 4) is 0 Å². The molecule has 3 rings (SSSR count). The molecule has 19 heavy (non-hydrogen) atoms. The first kappa shape index (κ1) is 12.7. The van der Waals surface area contributed by atoms with Crippen LogP contribution in [0, 0.1) is 12.8 Å². The van der Waals surface area contributed by atoms with Crippen molar-refractivity contribution in [1.82, 2.24) is 9.47 Å². The number of likely N-dealkylation sites (tertiary alicyclic amines) is 1. The lowest BCUT2D eigenvalue weighted by molar-refractivity contribution is 0.310. The number of hydrogen-bond acceptors (Lipinski definition) is 2. The summed E-state index contributed by atoms with van der Waals surface area (Å²) in [5.41, 5.74) is 9.98. The summed E-state index contributed by atoms with van der Waals surface area (Å²) < 4.78 is 2.35. The molecule has 0 aliphatic carbocycles. The van der Waals surface area contributed by atoms with Gasteiger partial charge >= 0.3 is 0 Å². The number of nitrogens with two attached hydrogens (primary N) is 1. The number of para-hydroxylation sites is 1. The standard InChI is InChI=1S/C16H23N3/c1-12-14-5-3-4-6-15(14)18(2)16(12)11-19-8-7-13(9-17)10-19/h3-6,13H,7-11,17H2,1-2H3. The molecule has 0 saturated carbocycles. The van der Waals surface area contributed by atoms with Crippen LogP contribution in [0.2, 0.25) is 0 Å². The maximum Gasteiger partial charge on any atom is 0.0483 e. The van der Waals surface area contributed by atoms with Crippen LogP contribution in [0.1, 0.15) is 17.7 Å². The highest BCUT2D eigenvalue weighted by Gasteiger charge is 2.23. The van der Waals surface area contributed by atoms with Gasteiger partial charge in [0.15, 0.2) is 0 Å². The van der Waals surface area contributed by atoms with E-state index in [2.05, 4.69) is 47.7 Å². The zero-order chi connectivity index (χ0) is 13.4. The Bertz CT molecular complexity index is 546. The van der Waals surface area contributed by atoms with Gasteiger partial charge in [0.1, 0.15) is 0 Å². The Labute approximate surface area is 115 Å². The average molecular weight is 257 g/mol. The lowest BCUT2D eigenvalue weighted by atomic mass is 10.1. The van der Waals surface area contributed by atoms with Gasteiger partial charge < -0.3 is 10.3 Å². The number of nitrogens with zero attached hydrogens (tertiary/aromatic N) is 2. The molecule has 3 nitrogen and oxygen atoms in total. The van der Waals surface area contributed by atoms with Gasteiger partial charge in [-0.2, -0.15) is 0 Å². The highest BCUT2D eigenvalue weighted by atomic mass is 15.2. The van der Waals surface area contributed by atoms with Crippen molar-refractivity contribution in [2.45, 2.75) is 19.9 Å². The first-order valence-electron chi connectivity index (χ1n) is 7.16. The minimum absolute atomic E-state index is 0.690. The third-order valence-corrected chi connectivity index (χ3v) is 4.58. The molecule has 1 saturated heterocycles. The Morgan fingerprint density at radius 3 is 2.79 bits per heavy atom. The van der Waals surface area contributed by atoms with Gasteiger partial charge in [-0.25, -0.2) is 0 Å². The van der Waals surface area contributed by atoms with Gasteiger partial charge in [0.2, 0.25) is 0 Å². The monoisotopic (exact) mass is 257 g/mol. The Hall–Kier alpha value is -1.32. The average Bonchev–Trinajstić information content (AvgIpc) is 2.99. The lowest BCUT2D eigenvalue weighted by Gasteiger charge is -2.17. The Kier molecular flexibility index (Phi) is 3.33. The second kappa shape index (κ2) is 4.99. The van der Waals surface area contributed by atoms with Gasteiger partial charge in [-0.1, -0.05) is 18.2 Å². The van der Waals surface area contributed by atoms with Crippen molar-refractivity contribution >= 4 is 10.9 Å². The third kappa shape index (κ3) is 2.17. The van der Waals surface area contributed by atoms with E-state index in [1.165, 1.54) is 35.1 Å². The second-order valence-corrected chi connectivity index (χ2v) is 5.77. The van der Waals surface area contributed by atoms with Crippen molar-refractivity contribution in [2.24, 2.45) is 18.7 Å². The summed E-state index contributed by atoms with van der Waals surface area (Å²) in [6.45, 7) is 6.45. The first-order valence-corrected chi connectivity index (χ1v) is 7.16. The van der Waals surface area contributed by atoms with Crippen LogP contribution in [0.15, 0.2) is 24.3 Å². The minimum Gasteiger partial charge on any atom is -0.346 e. The van der Waals surface area contributed by atoms with Crippen molar-refractivity contribution < 1.29 is 0 Å². The normalized spacial score (nSPS) is 20.5. The predicted octanol–water partition coefficient (Wildman–Crippen LogP) is 2.27. The minimum atomic E-state index is 0.690. The van der Waals surface area contributed by atoms with Crippen molar-refractivity contribution in [1.29, 1.82) is 0 Å². The highest BCUT2D eigenvalue weighted by molar-refractivity contribution is 5.85. The molecule has 1 fully saturated rings. The molecule has 2 aromatic rings. The van der Waals surface area contributed by atoms with Crippen LogP contribution in [0.3, 0.4) is 0 Å². The molecule has 2 heterocycles. The Morgan fingerprint density at radius 1 is 1.32 bits per heavy atom. The largest absolute Gasteiger partial charge is 0.346 e. The topological polar surface area (TPSA) is 34.2 Å². The summed E-state index contributed by atoms with van der Waals surface area (Å²) in [5.74, 6) is 0.690. The van der Waals surface area contributed by atoms with Crippen LogP contribution < -0.4 is 5.73 Å². The summed E-state index contributed by atoms with van der Waals surface area (Å²) in [4.78, 5) is 2.54. The first-order chi connectivity index (χ1) is 9.20. The number of benzene rings is 1. The highest BCUT2D eigenvalue weighted by Crippen LogP contribution is 2.27. The fraction of sp³-hybridized carbons (Fsp3) is 0.500. The van der Waals surface area contributed by atoms with E-state index in [4.69, 9.17) is 5.73 Å². The smallest absolute Gasteiger partial charge is 0.0483 e. The van der Waals surface area contributed by atoms with Crippen LogP contribution in [-0.4, -0.2) is 29.1 Å². The van der Waals surface area contributed by atoms with Gasteiger partial charge in [0, 0.05) is 36.7 Å². The van der Waals surface area contributed by atoms with Crippen LogP contribution in [-0.2, 0) is 13.6 Å². The van der Waals surface area contributed by atoms with E-state index < -0.39 is 0 Å². The zero-order valence-electron chi connectivity index (χ0n) is 11.9. The van der Waals surface area contributed by atoms with E-state index in [1.807, 2.05) is 0 Å². The zero-order valence-corrected chi connectivity index (χ0v) is 11.9. The van der Waals surface area contributed by atoms with Crippen LogP contribution >= 0.6 is 0 Å². The van der Waals surface area contributed by atoms with E-state index in [0.717, 1.165) is 19.6 Å². The van der Waals surface area contributed by atoms with Gasteiger partial charge in [0.05, 0.1) is 0 Å². The SMILES string of the molecule is Cc1c(CN2CCC(CN)C2)n(C)c2ccccc12. The summed E-state index contributed by atoms with van der Waals surface area (Å²) >= 11 is 0. The quantitative estimate of drug-likeness (QED) is 0.915. The number of aryl methyl sites for hydroxylation is 2. The summed E-state index contributed by atoms with van der Waals surface area (Å²) in [7, 11) is 2.18. The molecule has 0 radical (unpaired) electrons. The third-order valence-electron chi connectivity index (χ3n) is 4.58. The van der Waals surface area contributed by atoms with Gasteiger partial charge in [-0.05, 0) is 44.0 Å². The molecule has 0 spiro atoms. The molecule has 1 aromatic carbocycles. The van der Waals surface area contributed by atoms with E-state index in [1.54, 1.807) is 0 Å². The fourth-order valence-corrected chi connectivity index (χ4v) is 3.32. The molecule has 1 aliphatic rings. The second-order valence-electron chi connectivity index (χ2n) is 5.77. The molecule has 3 heteroatoms. The van der Waals surface area contributed by atoms with Crippen LogP contribution in [0.4, 0.5) is 0 Å². The molecular formula is C16H23N3. The van der Waals surface area contributed by atoms with E-state index in [9.17, 15) is 0 Å². The summed E-state index contributed by atoms with van der Waals surface area (Å²) in [5, 5.41) is 1.38. The molecule has 1 unspecified atom stereocenters. The molecule has 0 bridgehead atoms. The Morgan fingerprint density at radius 2 is 2.11 bits per heavy atom. The Balaban J connectivity index is 1.89. The van der Waals surface area contributed by atoms with E-state index >= 15 is 0 Å². The maximum atomic E-state index is 5.78. The van der Waals surface area contributed by atoms with E-state index in [-0.39, 0.29) is 0 Å². The van der Waals surface area contributed by atoms with Gasteiger partial charge in [-0.3, -0.25) is 4.90 Å². The summed E-state index contributed by atoms with van der Waals surface area (Å²) in [6.07, 6.45) is 1.25. The number of rotatable bonds is 3. The van der Waals surface area contributed by atoms with Crippen LogP contribution in [0.25, 0.3) is 10.9 Å². The van der Waals surface area contributed by atoms with Crippen molar-refractivity contribution in [3.63, 3.8) is 0 Å².